The molecule has 0 aromatic heterocycles. The third-order valence-corrected chi connectivity index (χ3v) is 13.8. The minimum atomic E-state index is -4.41. The molecule has 0 amide bonds. The Balaban J connectivity index is 4.04. The second-order valence-corrected chi connectivity index (χ2v) is 21.6. The van der Waals surface area contributed by atoms with Crippen molar-refractivity contribution in [2.24, 2.45) is 5.73 Å². The van der Waals surface area contributed by atoms with Gasteiger partial charge in [-0.2, -0.15) is 0 Å². The zero-order chi connectivity index (χ0) is 55.9. The van der Waals surface area contributed by atoms with Crippen molar-refractivity contribution >= 4 is 19.8 Å². The number of ether oxygens (including phenoxy) is 2. The van der Waals surface area contributed by atoms with Crippen molar-refractivity contribution in [3.8, 4) is 0 Å². The standard InChI is InChI=1S/C67H114NO8P/c1-3-5-7-9-11-13-15-17-19-21-23-25-27-29-31-32-34-35-37-39-41-43-45-47-49-51-53-55-57-59-66(69)73-63-65(64-75-77(71,72)74-62-61-68)76-67(70)60-58-56-54-52-50-48-46-44-42-40-38-36-33-30-28-26-24-22-20-18-16-14-12-10-8-6-4-2/h6,8,12,14-15,17-18,20-21,23-24,26,30,33,38,40,44,46,50,52,65H,3-5,7,9-11,13,16,19,22,25,27-29,31-32,34-37,39,41-43,45,47-49,51,53-64,68H2,1-2H3,(H,71,72)/b8-6-,14-12-,17-15-,20-18-,23-21-,26-24-,33-30-,40-38-,46-44-,52-50-. The zero-order valence-electron chi connectivity index (χ0n) is 49.2. The van der Waals surface area contributed by atoms with Gasteiger partial charge >= 0.3 is 19.8 Å². The van der Waals surface area contributed by atoms with E-state index in [0.717, 1.165) is 89.9 Å². The predicted molar refractivity (Wildman–Crippen MR) is 330 cm³/mol. The summed E-state index contributed by atoms with van der Waals surface area (Å²) in [6.07, 6.45) is 85.5. The van der Waals surface area contributed by atoms with Gasteiger partial charge in [-0.25, -0.2) is 4.57 Å². The maximum Gasteiger partial charge on any atom is 0.472 e. The lowest BCUT2D eigenvalue weighted by molar-refractivity contribution is -0.161. The van der Waals surface area contributed by atoms with E-state index in [0.29, 0.717) is 6.42 Å². The van der Waals surface area contributed by atoms with E-state index in [2.05, 4.69) is 135 Å². The van der Waals surface area contributed by atoms with E-state index >= 15 is 0 Å². The average Bonchev–Trinajstić information content (AvgIpc) is 3.42. The Labute approximate surface area is 472 Å². The highest BCUT2D eigenvalue weighted by Crippen LogP contribution is 2.43. The van der Waals surface area contributed by atoms with Gasteiger partial charge in [0.15, 0.2) is 6.10 Å². The molecule has 3 N–H and O–H groups in total. The first-order valence-electron chi connectivity index (χ1n) is 31.0. The number of hydrogen-bond donors (Lipinski definition) is 2. The molecule has 0 aromatic carbocycles. The van der Waals surface area contributed by atoms with Crippen LogP contribution in [-0.2, 0) is 32.7 Å². The molecule has 0 heterocycles. The summed E-state index contributed by atoms with van der Waals surface area (Å²) >= 11 is 0. The third-order valence-electron chi connectivity index (χ3n) is 12.8. The van der Waals surface area contributed by atoms with Crippen LogP contribution in [0.4, 0.5) is 0 Å². The highest BCUT2D eigenvalue weighted by molar-refractivity contribution is 7.47. The molecule has 0 aliphatic carbocycles. The quantitative estimate of drug-likeness (QED) is 0.0264. The van der Waals surface area contributed by atoms with E-state index < -0.39 is 32.5 Å². The number of unbranched alkanes of at least 4 members (excludes halogenated alkanes) is 24. The monoisotopic (exact) mass is 1090 g/mol. The van der Waals surface area contributed by atoms with E-state index in [1.165, 1.54) is 135 Å². The van der Waals surface area contributed by atoms with E-state index in [9.17, 15) is 19.0 Å². The molecule has 0 spiro atoms. The first-order valence-corrected chi connectivity index (χ1v) is 32.5. The van der Waals surface area contributed by atoms with Crippen molar-refractivity contribution < 1.29 is 37.6 Å². The summed E-state index contributed by atoms with van der Waals surface area (Å²) in [6, 6.07) is 0. The minimum Gasteiger partial charge on any atom is -0.462 e. The van der Waals surface area contributed by atoms with Gasteiger partial charge in [-0.05, 0) is 109 Å². The second kappa shape index (κ2) is 61.6. The van der Waals surface area contributed by atoms with E-state index in [1.807, 2.05) is 0 Å². The zero-order valence-corrected chi connectivity index (χ0v) is 50.0. The summed E-state index contributed by atoms with van der Waals surface area (Å²) in [6.45, 7) is 3.57. The number of nitrogens with two attached hydrogens (primary N) is 1. The van der Waals surface area contributed by atoms with Crippen molar-refractivity contribution in [3.05, 3.63) is 122 Å². The number of phosphoric ester groups is 1. The molecule has 440 valence electrons. The molecule has 0 saturated carbocycles. The number of allylic oxidation sites excluding steroid dienone is 20. The molecule has 0 bridgehead atoms. The third kappa shape index (κ3) is 61.5. The lowest BCUT2D eigenvalue weighted by Gasteiger charge is -2.19. The van der Waals surface area contributed by atoms with Crippen LogP contribution in [0.25, 0.3) is 0 Å². The van der Waals surface area contributed by atoms with Crippen molar-refractivity contribution in [2.75, 3.05) is 26.4 Å². The normalized spacial score (nSPS) is 13.9. The molecule has 0 rings (SSSR count). The van der Waals surface area contributed by atoms with Crippen molar-refractivity contribution in [1.82, 2.24) is 0 Å². The lowest BCUT2D eigenvalue weighted by atomic mass is 10.0. The van der Waals surface area contributed by atoms with Crippen molar-refractivity contribution in [1.29, 1.82) is 0 Å². The largest absolute Gasteiger partial charge is 0.472 e. The van der Waals surface area contributed by atoms with Gasteiger partial charge in [-0.3, -0.25) is 18.6 Å². The van der Waals surface area contributed by atoms with Crippen LogP contribution in [0.3, 0.4) is 0 Å². The van der Waals surface area contributed by atoms with Crippen LogP contribution in [0, 0.1) is 0 Å². The van der Waals surface area contributed by atoms with Gasteiger partial charge < -0.3 is 20.1 Å². The molecule has 77 heavy (non-hydrogen) atoms. The topological polar surface area (TPSA) is 134 Å². The molecular formula is C67H114NO8P. The molecule has 0 radical (unpaired) electrons. The Morgan fingerprint density at radius 2 is 0.714 bits per heavy atom. The van der Waals surface area contributed by atoms with Gasteiger partial charge in [0, 0.05) is 19.4 Å². The van der Waals surface area contributed by atoms with Crippen LogP contribution in [0.5, 0.6) is 0 Å². The number of rotatable bonds is 57. The summed E-state index contributed by atoms with van der Waals surface area (Å²) in [5.74, 6) is -0.881. The Morgan fingerprint density at radius 1 is 0.403 bits per heavy atom. The fraction of sp³-hybridized carbons (Fsp3) is 0.672. The van der Waals surface area contributed by atoms with Gasteiger partial charge in [-0.15, -0.1) is 0 Å². The van der Waals surface area contributed by atoms with Crippen LogP contribution < -0.4 is 5.73 Å². The first-order chi connectivity index (χ1) is 37.8. The molecule has 2 atom stereocenters. The summed E-state index contributed by atoms with van der Waals surface area (Å²) in [7, 11) is -4.41. The molecular weight excluding hydrogens is 978 g/mol. The molecule has 0 aliphatic heterocycles. The number of hydrogen-bond acceptors (Lipinski definition) is 8. The van der Waals surface area contributed by atoms with E-state index in [4.69, 9.17) is 24.3 Å². The van der Waals surface area contributed by atoms with Crippen molar-refractivity contribution in [2.45, 2.75) is 264 Å². The van der Waals surface area contributed by atoms with Gasteiger partial charge in [0.25, 0.3) is 0 Å². The van der Waals surface area contributed by atoms with Crippen LogP contribution in [0.15, 0.2) is 122 Å². The minimum absolute atomic E-state index is 0.0403. The highest BCUT2D eigenvalue weighted by atomic mass is 31.2. The summed E-state index contributed by atoms with van der Waals surface area (Å²) in [5.41, 5.74) is 5.38. The maximum atomic E-state index is 12.7. The number of carbonyl (C=O) groups is 2. The van der Waals surface area contributed by atoms with Crippen LogP contribution in [-0.4, -0.2) is 49.3 Å². The van der Waals surface area contributed by atoms with Gasteiger partial charge in [-0.1, -0.05) is 257 Å². The Kier molecular flexibility index (Phi) is 58.7. The fourth-order valence-electron chi connectivity index (χ4n) is 8.27. The summed E-state index contributed by atoms with van der Waals surface area (Å²) in [4.78, 5) is 35.2. The molecule has 2 unspecified atom stereocenters. The second-order valence-electron chi connectivity index (χ2n) is 20.2. The predicted octanol–water partition coefficient (Wildman–Crippen LogP) is 20.0. The molecule has 10 heteroatoms. The smallest absolute Gasteiger partial charge is 0.462 e. The lowest BCUT2D eigenvalue weighted by Crippen LogP contribution is -2.29. The number of esters is 2. The average molecular weight is 1090 g/mol. The Bertz CT molecular complexity index is 1670. The fourth-order valence-corrected chi connectivity index (χ4v) is 9.04. The Hall–Kier alpha value is -3.59. The Morgan fingerprint density at radius 3 is 1.09 bits per heavy atom. The van der Waals surface area contributed by atoms with Crippen molar-refractivity contribution in [3.63, 3.8) is 0 Å². The first kappa shape index (κ1) is 73.4. The van der Waals surface area contributed by atoms with Gasteiger partial charge in [0.05, 0.1) is 13.2 Å². The highest BCUT2D eigenvalue weighted by Gasteiger charge is 2.26. The SMILES string of the molecule is CC/C=C\C/C=C\C/C=C\C/C=C\C/C=C\C/C=C\C/C=C\C/C=C\CCCCC(=O)OC(COC(=O)CCCCCCCCCCCCCCCCCCC/C=C\C/C=C\CCCCCCC)COP(=O)(O)OCCN. The molecule has 9 nitrogen and oxygen atoms in total. The van der Waals surface area contributed by atoms with E-state index in [1.54, 1.807) is 0 Å². The molecule has 0 aliphatic rings. The summed E-state index contributed by atoms with van der Waals surface area (Å²) < 4.78 is 33.0. The molecule has 0 aromatic rings. The molecule has 0 fully saturated rings. The number of phosphoric acid groups is 1. The van der Waals surface area contributed by atoms with E-state index in [-0.39, 0.29) is 32.6 Å². The van der Waals surface area contributed by atoms with Gasteiger partial charge in [0.2, 0.25) is 0 Å². The number of carbonyl (C=O) groups excluding carboxylic acids is 2. The summed E-state index contributed by atoms with van der Waals surface area (Å²) in [5, 5.41) is 0. The maximum absolute atomic E-state index is 12.7. The van der Waals surface area contributed by atoms with Crippen LogP contribution in [0.1, 0.15) is 258 Å². The van der Waals surface area contributed by atoms with Crippen LogP contribution in [0.2, 0.25) is 0 Å². The van der Waals surface area contributed by atoms with Crippen LogP contribution >= 0.6 is 7.82 Å². The van der Waals surface area contributed by atoms with Gasteiger partial charge in [0.1, 0.15) is 6.61 Å². The molecule has 0 saturated heterocycles.